The van der Waals surface area contributed by atoms with Crippen molar-refractivity contribution in [2.45, 2.75) is 31.3 Å². The minimum Gasteiger partial charge on any atom is -0.381 e. The maximum absolute atomic E-state index is 12.9. The third-order valence-electron chi connectivity index (χ3n) is 5.13. The van der Waals surface area contributed by atoms with Gasteiger partial charge in [-0.05, 0) is 25.3 Å². The van der Waals surface area contributed by atoms with E-state index in [9.17, 15) is 4.79 Å². The summed E-state index contributed by atoms with van der Waals surface area (Å²) in [5.41, 5.74) is 6.28. The Bertz CT molecular complexity index is 518. The summed E-state index contributed by atoms with van der Waals surface area (Å²) >= 11 is 0. The highest BCUT2D eigenvalue weighted by Gasteiger charge is 2.36. The average Bonchev–Trinajstić information content (AvgIpc) is 2.63. The molecule has 126 valence electrons. The molecule has 0 spiro atoms. The first-order valence-electron chi connectivity index (χ1n) is 8.54. The lowest BCUT2D eigenvalue weighted by atomic mass is 9.91. The molecule has 2 heterocycles. The van der Waals surface area contributed by atoms with Gasteiger partial charge in [0.25, 0.3) is 0 Å². The van der Waals surface area contributed by atoms with Gasteiger partial charge in [0.15, 0.2) is 0 Å². The molecule has 1 atom stereocenters. The van der Waals surface area contributed by atoms with Crippen LogP contribution in [0.3, 0.4) is 0 Å². The number of rotatable bonds is 3. The first-order chi connectivity index (χ1) is 11.1. The first kappa shape index (κ1) is 16.4. The predicted molar refractivity (Wildman–Crippen MR) is 90.0 cm³/mol. The van der Waals surface area contributed by atoms with Crippen molar-refractivity contribution in [3.05, 3.63) is 35.9 Å². The molecule has 23 heavy (non-hydrogen) atoms. The van der Waals surface area contributed by atoms with Crippen LogP contribution in [0.25, 0.3) is 0 Å². The Morgan fingerprint density at radius 2 is 1.74 bits per heavy atom. The topological polar surface area (TPSA) is 58.8 Å². The van der Waals surface area contributed by atoms with Crippen LogP contribution < -0.4 is 5.73 Å². The van der Waals surface area contributed by atoms with Crippen molar-refractivity contribution < 1.29 is 9.53 Å². The highest BCUT2D eigenvalue weighted by Crippen LogP contribution is 2.22. The third kappa shape index (κ3) is 3.57. The molecule has 5 nitrogen and oxygen atoms in total. The molecule has 0 aliphatic carbocycles. The Hall–Kier alpha value is -1.43. The van der Waals surface area contributed by atoms with Gasteiger partial charge in [0.1, 0.15) is 5.54 Å². The van der Waals surface area contributed by atoms with Crippen molar-refractivity contribution >= 4 is 5.91 Å². The Morgan fingerprint density at radius 1 is 1.13 bits per heavy atom. The van der Waals surface area contributed by atoms with Crippen molar-refractivity contribution in [1.29, 1.82) is 0 Å². The lowest BCUT2D eigenvalue weighted by Crippen LogP contribution is -2.58. The fraction of sp³-hybridized carbons (Fsp3) is 0.611. The van der Waals surface area contributed by atoms with Gasteiger partial charge in [-0.1, -0.05) is 30.3 Å². The van der Waals surface area contributed by atoms with Gasteiger partial charge in [0.05, 0.1) is 0 Å². The number of amides is 1. The minimum atomic E-state index is -0.956. The monoisotopic (exact) mass is 317 g/mol. The van der Waals surface area contributed by atoms with Crippen LogP contribution in [-0.2, 0) is 15.1 Å². The molecule has 1 amide bonds. The lowest BCUT2D eigenvalue weighted by molar-refractivity contribution is -0.139. The molecule has 5 heteroatoms. The van der Waals surface area contributed by atoms with Gasteiger partial charge in [-0.3, -0.25) is 9.69 Å². The number of hydrogen-bond acceptors (Lipinski definition) is 4. The van der Waals surface area contributed by atoms with Gasteiger partial charge in [-0.15, -0.1) is 0 Å². The molecule has 2 aliphatic rings. The molecular weight excluding hydrogens is 290 g/mol. The zero-order valence-electron chi connectivity index (χ0n) is 13.9. The molecule has 3 rings (SSSR count). The number of nitrogens with two attached hydrogens (primary N) is 1. The maximum atomic E-state index is 12.9. The summed E-state index contributed by atoms with van der Waals surface area (Å²) in [4.78, 5) is 17.3. The van der Waals surface area contributed by atoms with Gasteiger partial charge in [0.2, 0.25) is 5.91 Å². The molecular formula is C18H27N3O2. The second-order valence-electron chi connectivity index (χ2n) is 6.74. The van der Waals surface area contributed by atoms with Crippen LogP contribution in [0.2, 0.25) is 0 Å². The molecule has 0 aromatic heterocycles. The Labute approximate surface area is 138 Å². The van der Waals surface area contributed by atoms with Crippen LogP contribution in [0.4, 0.5) is 0 Å². The van der Waals surface area contributed by atoms with E-state index in [1.807, 2.05) is 42.2 Å². The quantitative estimate of drug-likeness (QED) is 0.909. The van der Waals surface area contributed by atoms with Crippen molar-refractivity contribution in [2.24, 2.45) is 5.73 Å². The van der Waals surface area contributed by atoms with E-state index in [2.05, 4.69) is 4.90 Å². The molecule has 0 saturated carbocycles. The van der Waals surface area contributed by atoms with Crippen LogP contribution in [0.1, 0.15) is 25.3 Å². The molecule has 2 saturated heterocycles. The Kier molecular flexibility index (Phi) is 4.99. The van der Waals surface area contributed by atoms with Crippen molar-refractivity contribution in [2.75, 3.05) is 39.4 Å². The summed E-state index contributed by atoms with van der Waals surface area (Å²) in [5, 5.41) is 0. The van der Waals surface area contributed by atoms with Gasteiger partial charge in [0, 0.05) is 45.4 Å². The van der Waals surface area contributed by atoms with Crippen LogP contribution in [-0.4, -0.2) is 61.1 Å². The molecule has 2 fully saturated rings. The standard InChI is InChI=1S/C18H27N3O2/c1-18(19,15-5-3-2-4-6-15)17(22)21-11-9-20(10-12-21)16-7-13-23-14-8-16/h2-6,16H,7-14,19H2,1H3. The zero-order valence-corrected chi connectivity index (χ0v) is 13.9. The summed E-state index contributed by atoms with van der Waals surface area (Å²) in [6.07, 6.45) is 2.21. The summed E-state index contributed by atoms with van der Waals surface area (Å²) < 4.78 is 5.44. The Morgan fingerprint density at radius 3 is 2.35 bits per heavy atom. The molecule has 1 aromatic carbocycles. The summed E-state index contributed by atoms with van der Waals surface area (Å²) in [7, 11) is 0. The number of carbonyl (C=O) groups is 1. The van der Waals surface area contributed by atoms with Crippen molar-refractivity contribution in [3.8, 4) is 0 Å². The van der Waals surface area contributed by atoms with E-state index in [1.165, 1.54) is 0 Å². The molecule has 0 radical (unpaired) electrons. The maximum Gasteiger partial charge on any atom is 0.247 e. The van der Waals surface area contributed by atoms with E-state index in [1.54, 1.807) is 0 Å². The van der Waals surface area contributed by atoms with Crippen molar-refractivity contribution in [3.63, 3.8) is 0 Å². The van der Waals surface area contributed by atoms with Crippen LogP contribution in [0.5, 0.6) is 0 Å². The number of hydrogen-bond donors (Lipinski definition) is 1. The van der Waals surface area contributed by atoms with Crippen LogP contribution >= 0.6 is 0 Å². The zero-order chi connectivity index (χ0) is 16.3. The van der Waals surface area contributed by atoms with Gasteiger partial charge >= 0.3 is 0 Å². The molecule has 2 aliphatic heterocycles. The lowest BCUT2D eigenvalue weighted by Gasteiger charge is -2.42. The molecule has 2 N–H and O–H groups in total. The van der Waals surface area contributed by atoms with Crippen LogP contribution in [0, 0.1) is 0 Å². The van der Waals surface area contributed by atoms with E-state index in [-0.39, 0.29) is 5.91 Å². The molecule has 1 unspecified atom stereocenters. The Balaban J connectivity index is 1.59. The fourth-order valence-electron chi connectivity index (χ4n) is 3.58. The number of piperazine rings is 1. The van der Waals surface area contributed by atoms with E-state index in [0.29, 0.717) is 6.04 Å². The highest BCUT2D eigenvalue weighted by atomic mass is 16.5. The third-order valence-corrected chi connectivity index (χ3v) is 5.13. The highest BCUT2D eigenvalue weighted by molar-refractivity contribution is 5.87. The second-order valence-corrected chi connectivity index (χ2v) is 6.74. The van der Waals surface area contributed by atoms with E-state index in [4.69, 9.17) is 10.5 Å². The first-order valence-corrected chi connectivity index (χ1v) is 8.54. The summed E-state index contributed by atoms with van der Waals surface area (Å²) in [6, 6.07) is 10.3. The SMILES string of the molecule is CC(N)(C(=O)N1CCN(C2CCOCC2)CC1)c1ccccc1. The number of carbonyl (C=O) groups excluding carboxylic acids is 1. The fourth-order valence-corrected chi connectivity index (χ4v) is 3.58. The van der Waals surface area contributed by atoms with Crippen LogP contribution in [0.15, 0.2) is 30.3 Å². The number of nitrogens with zero attached hydrogens (tertiary/aromatic N) is 2. The summed E-state index contributed by atoms with van der Waals surface area (Å²) in [6.45, 7) is 6.92. The smallest absolute Gasteiger partial charge is 0.247 e. The summed E-state index contributed by atoms with van der Waals surface area (Å²) in [5.74, 6) is 0.0235. The number of benzene rings is 1. The van der Waals surface area contributed by atoms with E-state index in [0.717, 1.165) is 57.8 Å². The molecule has 0 bridgehead atoms. The molecule has 1 aromatic rings. The second kappa shape index (κ2) is 6.99. The van der Waals surface area contributed by atoms with Gasteiger partial charge in [-0.25, -0.2) is 0 Å². The minimum absolute atomic E-state index is 0.0235. The normalized spacial score (nSPS) is 23.5. The predicted octanol–water partition coefficient (Wildman–Crippen LogP) is 1.18. The van der Waals surface area contributed by atoms with E-state index >= 15 is 0 Å². The van der Waals surface area contributed by atoms with Gasteiger partial charge in [-0.2, -0.15) is 0 Å². The largest absolute Gasteiger partial charge is 0.381 e. The number of ether oxygens (including phenoxy) is 1. The van der Waals surface area contributed by atoms with E-state index < -0.39 is 5.54 Å². The van der Waals surface area contributed by atoms with Gasteiger partial charge < -0.3 is 15.4 Å². The van der Waals surface area contributed by atoms with Crippen molar-refractivity contribution in [1.82, 2.24) is 9.80 Å². The average molecular weight is 317 g/mol.